The number of amides is 1. The third-order valence-corrected chi connectivity index (χ3v) is 7.63. The number of nitrogens with zero attached hydrogens (tertiary/aromatic N) is 3. The van der Waals surface area contributed by atoms with Crippen molar-refractivity contribution in [3.63, 3.8) is 0 Å². The Morgan fingerprint density at radius 2 is 1.81 bits per heavy atom. The monoisotopic (exact) mass is 472 g/mol. The number of aryl methyl sites for hydroxylation is 1. The molecule has 0 radical (unpaired) electrons. The van der Waals surface area contributed by atoms with E-state index in [-0.39, 0.29) is 17.6 Å². The molecule has 0 unspecified atom stereocenters. The Kier molecular flexibility index (Phi) is 6.64. The molecule has 0 spiro atoms. The van der Waals surface area contributed by atoms with Crippen LogP contribution in [0.1, 0.15) is 24.1 Å². The van der Waals surface area contributed by atoms with Crippen LogP contribution in [0.4, 0.5) is 5.82 Å². The smallest absolute Gasteiger partial charge is 0.228 e. The number of aromatic nitrogens is 2. The fourth-order valence-electron chi connectivity index (χ4n) is 3.89. The third kappa shape index (κ3) is 5.20. The lowest BCUT2D eigenvalue weighted by Gasteiger charge is -2.30. The van der Waals surface area contributed by atoms with Crippen LogP contribution in [0.15, 0.2) is 60.7 Å². The summed E-state index contributed by atoms with van der Waals surface area (Å²) in [6, 6.07) is 18.2. The van der Waals surface area contributed by atoms with Gasteiger partial charge in [0.25, 0.3) is 0 Å². The molecule has 9 heteroatoms. The van der Waals surface area contributed by atoms with Crippen LogP contribution in [0.2, 0.25) is 5.02 Å². The maximum absolute atomic E-state index is 12.9. The summed E-state index contributed by atoms with van der Waals surface area (Å²) in [6.45, 7) is 2.52. The lowest BCUT2D eigenvalue weighted by atomic mass is 9.97. The molecule has 1 saturated heterocycles. The molecule has 1 fully saturated rings. The summed E-state index contributed by atoms with van der Waals surface area (Å²) in [5.41, 5.74) is 2.28. The van der Waals surface area contributed by atoms with E-state index in [2.05, 4.69) is 10.4 Å². The van der Waals surface area contributed by atoms with Crippen LogP contribution in [-0.2, 0) is 20.6 Å². The molecule has 168 valence electrons. The van der Waals surface area contributed by atoms with Gasteiger partial charge >= 0.3 is 0 Å². The molecular weight excluding hydrogens is 448 g/mol. The second kappa shape index (κ2) is 9.44. The van der Waals surface area contributed by atoms with Crippen molar-refractivity contribution in [2.45, 2.75) is 25.5 Å². The standard InChI is InChI=1S/C23H25ClN4O3S/c1-17-14-22(28(26-17)21-9-5-8-20(24)15-21)25-23(29)19-10-12-27(13-11-19)32(30,31)16-18-6-3-2-4-7-18/h2-9,14-15,19H,10-13,16H2,1H3,(H,25,29). The molecule has 0 saturated carbocycles. The van der Waals surface area contributed by atoms with Crippen molar-refractivity contribution in [3.05, 3.63) is 76.9 Å². The molecule has 4 rings (SSSR count). The highest BCUT2D eigenvalue weighted by Gasteiger charge is 2.31. The number of hydrogen-bond acceptors (Lipinski definition) is 4. The topological polar surface area (TPSA) is 84.3 Å². The first kappa shape index (κ1) is 22.5. The number of sulfonamides is 1. The lowest BCUT2D eigenvalue weighted by molar-refractivity contribution is -0.120. The highest BCUT2D eigenvalue weighted by molar-refractivity contribution is 7.88. The quantitative estimate of drug-likeness (QED) is 0.587. The maximum Gasteiger partial charge on any atom is 0.228 e. The zero-order valence-corrected chi connectivity index (χ0v) is 19.3. The number of carbonyl (C=O) groups excluding carboxylic acids is 1. The first-order chi connectivity index (χ1) is 15.3. The highest BCUT2D eigenvalue weighted by atomic mass is 35.5. The second-order valence-electron chi connectivity index (χ2n) is 7.97. The molecule has 2 heterocycles. The van der Waals surface area contributed by atoms with E-state index >= 15 is 0 Å². The normalized spacial score (nSPS) is 15.6. The Labute approximate surface area is 193 Å². The Bertz CT molecular complexity index is 1200. The first-order valence-electron chi connectivity index (χ1n) is 10.5. The van der Waals surface area contributed by atoms with E-state index in [0.717, 1.165) is 16.9 Å². The van der Waals surface area contributed by atoms with E-state index in [9.17, 15) is 13.2 Å². The first-order valence-corrected chi connectivity index (χ1v) is 12.5. The molecule has 0 aliphatic carbocycles. The van der Waals surface area contributed by atoms with Gasteiger partial charge in [-0.05, 0) is 43.5 Å². The minimum atomic E-state index is -3.41. The van der Waals surface area contributed by atoms with E-state index < -0.39 is 10.0 Å². The van der Waals surface area contributed by atoms with Gasteiger partial charge < -0.3 is 5.32 Å². The fraction of sp³-hybridized carbons (Fsp3) is 0.304. The van der Waals surface area contributed by atoms with Crippen molar-refractivity contribution in [3.8, 4) is 5.69 Å². The Morgan fingerprint density at radius 3 is 2.50 bits per heavy atom. The molecule has 0 atom stereocenters. The van der Waals surface area contributed by atoms with Crippen LogP contribution < -0.4 is 5.32 Å². The number of hydrogen-bond donors (Lipinski definition) is 1. The highest BCUT2D eigenvalue weighted by Crippen LogP contribution is 2.25. The van der Waals surface area contributed by atoms with Crippen molar-refractivity contribution in [2.75, 3.05) is 18.4 Å². The summed E-state index contributed by atoms with van der Waals surface area (Å²) in [4.78, 5) is 12.9. The average Bonchev–Trinajstić information content (AvgIpc) is 3.14. The number of halogens is 1. The molecule has 32 heavy (non-hydrogen) atoms. The van der Waals surface area contributed by atoms with Gasteiger partial charge in [-0.25, -0.2) is 17.4 Å². The number of benzene rings is 2. The maximum atomic E-state index is 12.9. The van der Waals surface area contributed by atoms with Crippen LogP contribution in [0.5, 0.6) is 0 Å². The lowest BCUT2D eigenvalue weighted by Crippen LogP contribution is -2.42. The van der Waals surface area contributed by atoms with Crippen LogP contribution >= 0.6 is 11.6 Å². The van der Waals surface area contributed by atoms with Crippen molar-refractivity contribution >= 4 is 33.3 Å². The second-order valence-corrected chi connectivity index (χ2v) is 10.4. The van der Waals surface area contributed by atoms with Crippen LogP contribution in [0.25, 0.3) is 5.69 Å². The fourth-order valence-corrected chi connectivity index (χ4v) is 5.64. The Balaban J connectivity index is 1.39. The zero-order valence-electron chi connectivity index (χ0n) is 17.7. The van der Waals surface area contributed by atoms with E-state index in [0.29, 0.717) is 36.8 Å². The minimum Gasteiger partial charge on any atom is -0.310 e. The summed E-state index contributed by atoms with van der Waals surface area (Å²) < 4.78 is 28.7. The molecule has 1 N–H and O–H groups in total. The Hall–Kier alpha value is -2.68. The van der Waals surface area contributed by atoms with Gasteiger partial charge in [0.05, 0.1) is 17.1 Å². The molecule has 1 aliphatic heterocycles. The molecule has 0 bridgehead atoms. The molecule has 7 nitrogen and oxygen atoms in total. The number of carbonyl (C=O) groups is 1. The summed E-state index contributed by atoms with van der Waals surface area (Å²) in [5.74, 6) is 0.145. The minimum absolute atomic E-state index is 0.0250. The molecular formula is C23H25ClN4O3S. The number of nitrogens with one attached hydrogen (secondary N) is 1. The van der Waals surface area contributed by atoms with Gasteiger partial charge in [-0.2, -0.15) is 5.10 Å². The van der Waals surface area contributed by atoms with Crippen molar-refractivity contribution in [1.29, 1.82) is 0 Å². The van der Waals surface area contributed by atoms with Gasteiger partial charge in [-0.3, -0.25) is 4.79 Å². The van der Waals surface area contributed by atoms with Gasteiger partial charge in [0.1, 0.15) is 5.82 Å². The van der Waals surface area contributed by atoms with E-state index in [4.69, 9.17) is 11.6 Å². The van der Waals surface area contributed by atoms with Gasteiger partial charge in [0, 0.05) is 30.1 Å². The molecule has 1 aromatic heterocycles. The average molecular weight is 473 g/mol. The third-order valence-electron chi connectivity index (χ3n) is 5.55. The predicted molar refractivity (Wildman–Crippen MR) is 125 cm³/mol. The van der Waals surface area contributed by atoms with Crippen LogP contribution in [0.3, 0.4) is 0 Å². The number of anilines is 1. The van der Waals surface area contributed by atoms with Crippen LogP contribution in [0, 0.1) is 12.8 Å². The number of piperidine rings is 1. The summed E-state index contributed by atoms with van der Waals surface area (Å²) in [5, 5.41) is 8.00. The van der Waals surface area contributed by atoms with Crippen LogP contribution in [-0.4, -0.2) is 41.5 Å². The molecule has 2 aromatic carbocycles. The zero-order chi connectivity index (χ0) is 22.7. The van der Waals surface area contributed by atoms with Gasteiger partial charge in [-0.15, -0.1) is 0 Å². The largest absolute Gasteiger partial charge is 0.310 e. The molecule has 1 aliphatic rings. The van der Waals surface area contributed by atoms with Gasteiger partial charge in [0.2, 0.25) is 15.9 Å². The predicted octanol–water partition coefficient (Wildman–Crippen LogP) is 4.01. The van der Waals surface area contributed by atoms with Crippen molar-refractivity contribution in [1.82, 2.24) is 14.1 Å². The number of rotatable bonds is 6. The van der Waals surface area contributed by atoms with Gasteiger partial charge in [0.15, 0.2) is 0 Å². The Morgan fingerprint density at radius 1 is 1.09 bits per heavy atom. The van der Waals surface area contributed by atoms with Gasteiger partial charge in [-0.1, -0.05) is 48.0 Å². The van der Waals surface area contributed by atoms with Crippen molar-refractivity contribution in [2.24, 2.45) is 5.92 Å². The summed E-state index contributed by atoms with van der Waals surface area (Å²) in [7, 11) is -3.41. The summed E-state index contributed by atoms with van der Waals surface area (Å²) >= 11 is 6.10. The van der Waals surface area contributed by atoms with Crippen molar-refractivity contribution < 1.29 is 13.2 Å². The summed E-state index contributed by atoms with van der Waals surface area (Å²) in [6.07, 6.45) is 0.953. The molecule has 3 aromatic rings. The van der Waals surface area contributed by atoms with E-state index in [1.165, 1.54) is 4.31 Å². The SMILES string of the molecule is Cc1cc(NC(=O)C2CCN(S(=O)(=O)Cc3ccccc3)CC2)n(-c2cccc(Cl)c2)n1. The van der Waals surface area contributed by atoms with E-state index in [1.807, 2.05) is 49.4 Å². The molecule has 1 amide bonds. The van der Waals surface area contributed by atoms with E-state index in [1.54, 1.807) is 22.9 Å².